The summed E-state index contributed by atoms with van der Waals surface area (Å²) < 4.78 is 11.5. The van der Waals surface area contributed by atoms with Crippen molar-refractivity contribution in [3.05, 3.63) is 0 Å². The van der Waals surface area contributed by atoms with E-state index in [9.17, 15) is 0 Å². The Kier molecular flexibility index (Phi) is 5.46. The summed E-state index contributed by atoms with van der Waals surface area (Å²) in [6, 6.07) is 0. The fourth-order valence-corrected chi connectivity index (χ4v) is 2.53. The molecule has 0 spiro atoms. The molecule has 0 aromatic carbocycles. The van der Waals surface area contributed by atoms with Crippen LogP contribution in [0.15, 0.2) is 0 Å². The zero-order valence-electron chi connectivity index (χ0n) is 12.0. The first-order valence-corrected chi connectivity index (χ1v) is 7.56. The summed E-state index contributed by atoms with van der Waals surface area (Å²) in [4.78, 5) is 0. The van der Waals surface area contributed by atoms with Gasteiger partial charge in [0.05, 0.1) is 6.61 Å². The molecule has 2 rings (SSSR count). The molecule has 106 valence electrons. The van der Waals surface area contributed by atoms with Gasteiger partial charge in [-0.2, -0.15) is 0 Å². The fraction of sp³-hybridized carbons (Fsp3) is 1.00. The zero-order valence-corrected chi connectivity index (χ0v) is 12.0. The third-order valence-electron chi connectivity index (χ3n) is 4.06. The fourth-order valence-electron chi connectivity index (χ4n) is 2.53. The molecule has 1 N–H and O–H groups in total. The normalized spacial score (nSPS) is 23.5. The summed E-state index contributed by atoms with van der Waals surface area (Å²) in [6.45, 7) is 10.4. The van der Waals surface area contributed by atoms with Crippen molar-refractivity contribution in [1.29, 1.82) is 0 Å². The Hall–Kier alpha value is -0.120. The second-order valence-corrected chi connectivity index (χ2v) is 6.60. The Balaban J connectivity index is 1.73. The van der Waals surface area contributed by atoms with Gasteiger partial charge in [-0.1, -0.05) is 13.8 Å². The molecule has 0 bridgehead atoms. The quantitative estimate of drug-likeness (QED) is 0.722. The molecule has 3 nitrogen and oxygen atoms in total. The van der Waals surface area contributed by atoms with Crippen LogP contribution < -0.4 is 5.32 Å². The molecular formula is C15H29NO2. The average molecular weight is 255 g/mol. The SMILES string of the molecule is CC(C)CNCC1(COCC2CC2)CCOCC1. The van der Waals surface area contributed by atoms with Gasteiger partial charge in [0.15, 0.2) is 0 Å². The van der Waals surface area contributed by atoms with E-state index in [0.29, 0.717) is 11.3 Å². The second kappa shape index (κ2) is 6.88. The topological polar surface area (TPSA) is 30.5 Å². The van der Waals surface area contributed by atoms with E-state index < -0.39 is 0 Å². The highest BCUT2D eigenvalue weighted by atomic mass is 16.5. The second-order valence-electron chi connectivity index (χ2n) is 6.60. The molecule has 0 aromatic rings. The van der Waals surface area contributed by atoms with Crippen molar-refractivity contribution in [3.63, 3.8) is 0 Å². The van der Waals surface area contributed by atoms with E-state index in [0.717, 1.165) is 58.3 Å². The Labute approximate surface area is 112 Å². The summed E-state index contributed by atoms with van der Waals surface area (Å²) in [5, 5.41) is 3.61. The highest BCUT2D eigenvalue weighted by Gasteiger charge is 2.33. The van der Waals surface area contributed by atoms with Crippen LogP contribution in [0.5, 0.6) is 0 Å². The third kappa shape index (κ3) is 4.87. The number of rotatable bonds is 8. The van der Waals surface area contributed by atoms with Crippen LogP contribution in [-0.2, 0) is 9.47 Å². The van der Waals surface area contributed by atoms with Gasteiger partial charge in [-0.05, 0) is 44.1 Å². The third-order valence-corrected chi connectivity index (χ3v) is 4.06. The van der Waals surface area contributed by atoms with E-state index in [4.69, 9.17) is 9.47 Å². The number of hydrogen-bond donors (Lipinski definition) is 1. The lowest BCUT2D eigenvalue weighted by molar-refractivity contribution is -0.0407. The first-order valence-electron chi connectivity index (χ1n) is 7.56. The Bertz CT molecular complexity index is 223. The monoisotopic (exact) mass is 255 g/mol. The van der Waals surface area contributed by atoms with Crippen LogP contribution >= 0.6 is 0 Å². The van der Waals surface area contributed by atoms with Gasteiger partial charge in [-0.3, -0.25) is 0 Å². The largest absolute Gasteiger partial charge is 0.381 e. The molecule has 1 heterocycles. The summed E-state index contributed by atoms with van der Waals surface area (Å²) in [5.41, 5.74) is 0.321. The minimum absolute atomic E-state index is 0.321. The summed E-state index contributed by atoms with van der Waals surface area (Å²) in [6.07, 6.45) is 5.04. The van der Waals surface area contributed by atoms with Crippen LogP contribution in [0, 0.1) is 17.3 Å². The van der Waals surface area contributed by atoms with Crippen LogP contribution in [0.2, 0.25) is 0 Å². The highest BCUT2D eigenvalue weighted by molar-refractivity contribution is 4.85. The minimum atomic E-state index is 0.321. The molecule has 1 aliphatic heterocycles. The molecule has 0 aromatic heterocycles. The van der Waals surface area contributed by atoms with Gasteiger partial charge in [0.25, 0.3) is 0 Å². The predicted octanol–water partition coefficient (Wildman–Crippen LogP) is 2.46. The van der Waals surface area contributed by atoms with Crippen molar-refractivity contribution < 1.29 is 9.47 Å². The van der Waals surface area contributed by atoms with Crippen LogP contribution in [0.1, 0.15) is 39.5 Å². The van der Waals surface area contributed by atoms with Crippen molar-refractivity contribution in [3.8, 4) is 0 Å². The molecule has 0 atom stereocenters. The van der Waals surface area contributed by atoms with Gasteiger partial charge in [0, 0.05) is 31.8 Å². The van der Waals surface area contributed by atoms with Gasteiger partial charge in [0.2, 0.25) is 0 Å². The van der Waals surface area contributed by atoms with E-state index in [1.54, 1.807) is 0 Å². The van der Waals surface area contributed by atoms with Gasteiger partial charge in [0.1, 0.15) is 0 Å². The number of hydrogen-bond acceptors (Lipinski definition) is 3. The van der Waals surface area contributed by atoms with Crippen molar-refractivity contribution >= 4 is 0 Å². The van der Waals surface area contributed by atoms with E-state index in [-0.39, 0.29) is 0 Å². The maximum atomic E-state index is 5.96. The summed E-state index contributed by atoms with van der Waals surface area (Å²) in [5.74, 6) is 1.58. The Morgan fingerprint density at radius 1 is 1.28 bits per heavy atom. The lowest BCUT2D eigenvalue weighted by atomic mass is 9.81. The number of nitrogens with one attached hydrogen (secondary N) is 1. The first kappa shape index (κ1) is 14.3. The predicted molar refractivity (Wildman–Crippen MR) is 73.7 cm³/mol. The maximum Gasteiger partial charge on any atom is 0.0536 e. The lowest BCUT2D eigenvalue weighted by Gasteiger charge is -2.37. The van der Waals surface area contributed by atoms with Crippen molar-refractivity contribution in [1.82, 2.24) is 5.32 Å². The van der Waals surface area contributed by atoms with Crippen LogP contribution in [0.4, 0.5) is 0 Å². The van der Waals surface area contributed by atoms with E-state index in [2.05, 4.69) is 19.2 Å². The van der Waals surface area contributed by atoms with Crippen LogP contribution in [-0.4, -0.2) is 39.5 Å². The molecule has 0 unspecified atom stereocenters. The molecule has 1 aliphatic carbocycles. The van der Waals surface area contributed by atoms with Crippen LogP contribution in [0.3, 0.4) is 0 Å². The van der Waals surface area contributed by atoms with Crippen molar-refractivity contribution in [2.75, 3.05) is 39.5 Å². The molecular weight excluding hydrogens is 226 g/mol. The maximum absolute atomic E-state index is 5.96. The summed E-state index contributed by atoms with van der Waals surface area (Å²) in [7, 11) is 0. The molecule has 0 amide bonds. The molecule has 1 saturated carbocycles. The highest BCUT2D eigenvalue weighted by Crippen LogP contribution is 2.33. The lowest BCUT2D eigenvalue weighted by Crippen LogP contribution is -2.43. The van der Waals surface area contributed by atoms with Gasteiger partial charge < -0.3 is 14.8 Å². The van der Waals surface area contributed by atoms with Crippen LogP contribution in [0.25, 0.3) is 0 Å². The standard InChI is InChI=1S/C15H29NO2/c1-13(2)9-16-11-15(5-7-17-8-6-15)12-18-10-14-3-4-14/h13-14,16H,3-12H2,1-2H3. The average Bonchev–Trinajstić information content (AvgIpc) is 3.14. The minimum Gasteiger partial charge on any atom is -0.381 e. The molecule has 3 heteroatoms. The molecule has 2 fully saturated rings. The van der Waals surface area contributed by atoms with Gasteiger partial charge >= 0.3 is 0 Å². The molecule has 0 radical (unpaired) electrons. The Morgan fingerprint density at radius 3 is 2.61 bits per heavy atom. The van der Waals surface area contributed by atoms with E-state index >= 15 is 0 Å². The van der Waals surface area contributed by atoms with E-state index in [1.807, 2.05) is 0 Å². The Morgan fingerprint density at radius 2 is 2.00 bits per heavy atom. The number of ether oxygens (including phenoxy) is 2. The van der Waals surface area contributed by atoms with Crippen molar-refractivity contribution in [2.24, 2.45) is 17.3 Å². The molecule has 18 heavy (non-hydrogen) atoms. The van der Waals surface area contributed by atoms with E-state index in [1.165, 1.54) is 12.8 Å². The molecule has 2 aliphatic rings. The van der Waals surface area contributed by atoms with Gasteiger partial charge in [-0.25, -0.2) is 0 Å². The molecule has 1 saturated heterocycles. The summed E-state index contributed by atoms with van der Waals surface area (Å²) >= 11 is 0. The first-order chi connectivity index (χ1) is 8.70. The smallest absolute Gasteiger partial charge is 0.0536 e. The zero-order chi connectivity index (χ0) is 12.8. The van der Waals surface area contributed by atoms with Crippen molar-refractivity contribution in [2.45, 2.75) is 39.5 Å². The van der Waals surface area contributed by atoms with Gasteiger partial charge in [-0.15, -0.1) is 0 Å².